The van der Waals surface area contributed by atoms with Crippen LogP contribution in [0.4, 0.5) is 10.5 Å². The number of amides is 4. The number of hydrogen-bond acceptors (Lipinski definition) is 15. The molecule has 3 aromatic carbocycles. The zero-order valence-electron chi connectivity index (χ0n) is 49.0. The first-order chi connectivity index (χ1) is 39.6. The first-order valence-electron chi connectivity index (χ1n) is 28.4. The molecule has 0 aromatic heterocycles. The van der Waals surface area contributed by atoms with Crippen LogP contribution in [0.1, 0.15) is 113 Å². The highest BCUT2D eigenvalue weighted by Gasteiger charge is 2.64. The van der Waals surface area contributed by atoms with E-state index in [2.05, 4.69) is 5.32 Å². The van der Waals surface area contributed by atoms with Gasteiger partial charge in [-0.3, -0.25) is 24.5 Å². The van der Waals surface area contributed by atoms with Gasteiger partial charge in [-0.25, -0.2) is 9.59 Å². The number of ether oxygens (including phenoxy) is 7. The van der Waals surface area contributed by atoms with Crippen molar-refractivity contribution >= 4 is 75.6 Å². The number of carbonyl (C=O) groups is 6. The van der Waals surface area contributed by atoms with Crippen LogP contribution in [0.25, 0.3) is 0 Å². The van der Waals surface area contributed by atoms with E-state index >= 15 is 0 Å². The van der Waals surface area contributed by atoms with Crippen molar-refractivity contribution in [1.82, 2.24) is 15.1 Å². The molecule has 18 nitrogen and oxygen atoms in total. The van der Waals surface area contributed by atoms with Gasteiger partial charge in [-0.15, -0.1) is 0 Å². The molecule has 21 heteroatoms. The standard InChI is InChI=1S/C62H80Cl2N4O14S/c1-10-78-30-31-79-29-28-68(58(73)61(26-12-11-13-27-61)45-21-23-46(63)24-22-45)38-42-17-19-44(20-18-42)57(72)83-32-25-52(69)66(6)41(4)56(71)81-51-36-53(70)67(7)47-34-43(35-48(76-8)54(47)64)33-39(2)15-14-16-50(77-9)62(75)37-49(80-59(74)65-62)40(3)55-60(51,5)82-55/h14-24,34-35,40-41,49-51,55,75H,10-13,25-33,36-38H2,1-9H3,(H,65,74)/b16-14+,39-15+/t40-,41+,49+,50-,51+,55+,60?,62+/m1/s1. The summed E-state index contributed by atoms with van der Waals surface area (Å²) in [6, 6.07) is 17.1. The summed E-state index contributed by atoms with van der Waals surface area (Å²) in [7, 11) is 5.92. The molecule has 83 heavy (non-hydrogen) atoms. The SMILES string of the molecule is CCOCCOCCN(Cc1ccc(C(=O)SCCC(=O)N(C)[C@@H](C)C(=O)O[C@H]2CC(=O)N(C)c3cc(cc(OC)c3Cl)C/C(C)=C/C=C/[C@@H](OC)[C@@]3(O)C[C@H](OC(=O)N3)[C@@H](C)[C@@H]3OC23C)cc1)C(=O)C1(c2ccc(Cl)cc2)CCCCC1. The predicted molar refractivity (Wildman–Crippen MR) is 318 cm³/mol. The molecule has 4 amide bonds. The molecule has 2 N–H and O–H groups in total. The molecule has 0 radical (unpaired) electrons. The van der Waals surface area contributed by atoms with Crippen molar-refractivity contribution in [2.75, 3.05) is 71.9 Å². The number of benzene rings is 3. The lowest BCUT2D eigenvalue weighted by atomic mass is 9.68. The number of likely N-dealkylation sites (N-methyl/N-ethyl adjacent to an activating group) is 1. The molecular formula is C62H80Cl2N4O14S. The Morgan fingerprint density at radius 1 is 0.976 bits per heavy atom. The van der Waals surface area contributed by atoms with Gasteiger partial charge in [-0.05, 0) is 87.9 Å². The maximum absolute atomic E-state index is 14.8. The molecule has 1 unspecified atom stereocenters. The smallest absolute Gasteiger partial charge is 0.409 e. The van der Waals surface area contributed by atoms with Crippen molar-refractivity contribution in [3.05, 3.63) is 117 Å². The Morgan fingerprint density at radius 3 is 2.35 bits per heavy atom. The largest absolute Gasteiger partial charge is 0.495 e. The van der Waals surface area contributed by atoms with Gasteiger partial charge in [0.15, 0.2) is 5.72 Å². The Hall–Kier alpha value is -5.51. The Morgan fingerprint density at radius 2 is 1.67 bits per heavy atom. The summed E-state index contributed by atoms with van der Waals surface area (Å²) >= 11 is 14.1. The number of methoxy groups -OCH3 is 2. The van der Waals surface area contributed by atoms with Crippen LogP contribution in [0.5, 0.6) is 5.75 Å². The van der Waals surface area contributed by atoms with Crippen LogP contribution in [0.3, 0.4) is 0 Å². The van der Waals surface area contributed by atoms with Crippen molar-refractivity contribution in [2.24, 2.45) is 5.92 Å². The normalized spacial score (nSPS) is 25.8. The molecule has 7 rings (SSSR count). The molecule has 3 aromatic rings. The van der Waals surface area contributed by atoms with Crippen LogP contribution in [-0.2, 0) is 66.0 Å². The minimum Gasteiger partial charge on any atom is -0.495 e. The summed E-state index contributed by atoms with van der Waals surface area (Å²) in [6.07, 6.45) is 4.71. The molecule has 2 saturated heterocycles. The van der Waals surface area contributed by atoms with Crippen molar-refractivity contribution in [2.45, 2.75) is 146 Å². The molecule has 452 valence electrons. The number of anilines is 1. The van der Waals surface area contributed by atoms with Gasteiger partial charge in [0.1, 0.15) is 40.7 Å². The number of rotatable bonds is 20. The molecule has 4 bridgehead atoms. The van der Waals surface area contributed by atoms with Gasteiger partial charge in [0.2, 0.25) is 22.8 Å². The highest BCUT2D eigenvalue weighted by molar-refractivity contribution is 8.14. The molecule has 1 aliphatic carbocycles. The van der Waals surface area contributed by atoms with E-state index in [1.807, 2.05) is 61.2 Å². The van der Waals surface area contributed by atoms with Crippen LogP contribution in [0.15, 0.2) is 84.5 Å². The van der Waals surface area contributed by atoms with E-state index in [1.165, 1.54) is 38.0 Å². The fourth-order valence-corrected chi connectivity index (χ4v) is 12.5. The number of allylic oxidation sites excluding steroid dienone is 3. The van der Waals surface area contributed by atoms with Crippen molar-refractivity contribution in [1.29, 1.82) is 0 Å². The summed E-state index contributed by atoms with van der Waals surface area (Å²) in [6.45, 7) is 11.3. The number of alkyl carbamates (subject to hydrolysis) is 1. The van der Waals surface area contributed by atoms with Gasteiger partial charge >= 0.3 is 12.1 Å². The van der Waals surface area contributed by atoms with E-state index in [1.54, 1.807) is 57.3 Å². The number of carbonyl (C=O) groups excluding carboxylic acids is 6. The summed E-state index contributed by atoms with van der Waals surface area (Å²) in [5.41, 5.74) is 0.342. The third kappa shape index (κ3) is 15.9. The van der Waals surface area contributed by atoms with Crippen molar-refractivity contribution in [3.63, 3.8) is 0 Å². The van der Waals surface area contributed by atoms with Crippen LogP contribution < -0.4 is 15.0 Å². The number of esters is 1. The highest BCUT2D eigenvalue weighted by Crippen LogP contribution is 2.49. The first kappa shape index (κ1) is 65.0. The number of fused-ring (bicyclic) bond motifs is 5. The van der Waals surface area contributed by atoms with E-state index < -0.39 is 77.0 Å². The lowest BCUT2D eigenvalue weighted by Gasteiger charge is -2.42. The Kier molecular flexibility index (Phi) is 22.8. The van der Waals surface area contributed by atoms with Crippen molar-refractivity contribution in [3.8, 4) is 5.75 Å². The van der Waals surface area contributed by atoms with Gasteiger partial charge in [-0.2, -0.15) is 0 Å². The quantitative estimate of drug-likeness (QED) is 0.0613. The number of aliphatic hydroxyl groups is 1. The Labute approximate surface area is 501 Å². The second-order valence-corrected chi connectivity index (χ2v) is 24.1. The summed E-state index contributed by atoms with van der Waals surface area (Å²) in [5.74, 6) is -1.85. The summed E-state index contributed by atoms with van der Waals surface area (Å²) in [4.78, 5) is 88.3. The van der Waals surface area contributed by atoms with E-state index in [0.29, 0.717) is 68.0 Å². The van der Waals surface area contributed by atoms with Gasteiger partial charge in [0, 0.05) is 76.0 Å². The maximum Gasteiger partial charge on any atom is 0.409 e. The van der Waals surface area contributed by atoms with Crippen LogP contribution in [-0.4, -0.2) is 159 Å². The number of nitrogens with zero attached hydrogens (tertiary/aromatic N) is 3. The van der Waals surface area contributed by atoms with E-state index in [9.17, 15) is 33.9 Å². The zero-order valence-corrected chi connectivity index (χ0v) is 51.4. The van der Waals surface area contributed by atoms with Gasteiger partial charge in [0.05, 0.1) is 50.6 Å². The summed E-state index contributed by atoms with van der Waals surface area (Å²) in [5, 5.41) is 15.0. The monoisotopic (exact) mass is 1210 g/mol. The molecule has 3 aliphatic heterocycles. The average Bonchev–Trinajstić information content (AvgIpc) is 2.05. The predicted octanol–water partition coefficient (Wildman–Crippen LogP) is 9.42. The van der Waals surface area contributed by atoms with Crippen LogP contribution in [0.2, 0.25) is 10.0 Å². The van der Waals surface area contributed by atoms with Crippen LogP contribution >= 0.6 is 35.0 Å². The van der Waals surface area contributed by atoms with E-state index in [0.717, 1.165) is 66.1 Å². The molecule has 3 fully saturated rings. The Bertz CT molecular complexity index is 2850. The topological polar surface area (TPSA) is 212 Å². The first-order valence-corrected chi connectivity index (χ1v) is 30.1. The fraction of sp³-hybridized carbons (Fsp3) is 0.548. The third-order valence-corrected chi connectivity index (χ3v) is 18.1. The molecule has 4 aliphatic rings. The number of thioether (sulfide) groups is 1. The second kappa shape index (κ2) is 29.1. The average molecular weight is 1210 g/mol. The Balaban J connectivity index is 1.01. The van der Waals surface area contributed by atoms with Gasteiger partial charge < -0.3 is 53.0 Å². The van der Waals surface area contributed by atoms with Gasteiger partial charge in [0.25, 0.3) is 0 Å². The molecule has 1 saturated carbocycles. The fourth-order valence-electron chi connectivity index (χ4n) is 11.3. The summed E-state index contributed by atoms with van der Waals surface area (Å²) < 4.78 is 40.9. The lowest BCUT2D eigenvalue weighted by molar-refractivity contribution is -0.162. The number of nitrogens with one attached hydrogen (secondary N) is 1. The molecular weight excluding hydrogens is 1130 g/mol. The maximum atomic E-state index is 14.8. The number of hydrogen-bond donors (Lipinski definition) is 2. The van der Waals surface area contributed by atoms with Crippen molar-refractivity contribution < 1.29 is 67.0 Å². The molecule has 0 spiro atoms. The minimum absolute atomic E-state index is 0.0284. The third-order valence-electron chi connectivity index (χ3n) is 16.5. The van der Waals surface area contributed by atoms with E-state index in [-0.39, 0.29) is 41.1 Å². The highest BCUT2D eigenvalue weighted by atomic mass is 35.5. The van der Waals surface area contributed by atoms with Gasteiger partial charge in [-0.1, -0.05) is 121 Å². The molecule has 8 atom stereocenters. The minimum atomic E-state index is -1.88. The van der Waals surface area contributed by atoms with Crippen LogP contribution in [0, 0.1) is 5.92 Å². The lowest BCUT2D eigenvalue weighted by Crippen LogP contribution is -2.63. The second-order valence-electron chi connectivity index (χ2n) is 22.2. The van der Waals surface area contributed by atoms with E-state index in [4.69, 9.17) is 56.4 Å². The zero-order chi connectivity index (χ0) is 60.2. The number of epoxide rings is 1. The molecule has 3 heterocycles. The number of halogens is 2.